The molecule has 0 atom stereocenters. The lowest BCUT2D eigenvalue weighted by Gasteiger charge is -2.51. The first-order chi connectivity index (χ1) is 17.4. The lowest BCUT2D eigenvalue weighted by molar-refractivity contribution is -0.470. The first-order valence-corrected chi connectivity index (χ1v) is 13.5. The highest BCUT2D eigenvalue weighted by molar-refractivity contribution is 5.69. The monoisotopic (exact) mass is 514 g/mol. The number of unbranched alkanes of at least 4 members (excludes halogenated alkanes) is 5. The number of carbonyl (C=O) groups excluding carboxylic acids is 2. The van der Waals surface area contributed by atoms with Crippen LogP contribution in [0.1, 0.15) is 78.1 Å². The maximum atomic E-state index is 12.1. The van der Waals surface area contributed by atoms with Gasteiger partial charge in [-0.15, -0.1) is 0 Å². The third-order valence-electron chi connectivity index (χ3n) is 7.55. The fourth-order valence-corrected chi connectivity index (χ4v) is 4.80. The van der Waals surface area contributed by atoms with Gasteiger partial charge >= 0.3 is 11.9 Å². The molecule has 0 amide bonds. The average molecular weight is 515 g/mol. The molecule has 0 aliphatic carbocycles. The summed E-state index contributed by atoms with van der Waals surface area (Å²) in [5.74, 6) is -2.19. The van der Waals surface area contributed by atoms with Crippen LogP contribution < -0.4 is 0 Å². The van der Waals surface area contributed by atoms with Crippen LogP contribution >= 0.6 is 0 Å². The average Bonchev–Trinajstić information content (AvgIpc) is 2.94. The van der Waals surface area contributed by atoms with E-state index in [4.69, 9.17) is 37.9 Å². The summed E-state index contributed by atoms with van der Waals surface area (Å²) < 4.78 is 45.1. The van der Waals surface area contributed by atoms with Crippen LogP contribution in [0.5, 0.6) is 0 Å². The molecule has 6 aliphatic rings. The second-order valence-electron chi connectivity index (χ2n) is 10.7. The van der Waals surface area contributed by atoms with Gasteiger partial charge in [0.1, 0.15) is 13.2 Å². The summed E-state index contributed by atoms with van der Waals surface area (Å²) in [5, 5.41) is 0. The van der Waals surface area contributed by atoms with E-state index in [1.165, 1.54) is 0 Å². The lowest BCUT2D eigenvalue weighted by atomic mass is 9.89. The quantitative estimate of drug-likeness (QED) is 0.238. The highest BCUT2D eigenvalue weighted by atomic mass is 16.9. The molecule has 6 rings (SSSR count). The van der Waals surface area contributed by atoms with Crippen molar-refractivity contribution in [2.75, 3.05) is 52.9 Å². The van der Waals surface area contributed by atoms with Crippen molar-refractivity contribution < 1.29 is 47.5 Å². The second-order valence-corrected chi connectivity index (χ2v) is 10.7. The van der Waals surface area contributed by atoms with Crippen molar-refractivity contribution >= 4 is 11.9 Å². The fraction of sp³-hybridized carbons (Fsp3) is 0.923. The van der Waals surface area contributed by atoms with Gasteiger partial charge in [0.05, 0.1) is 50.5 Å². The van der Waals surface area contributed by atoms with Crippen LogP contribution in [0.25, 0.3) is 0 Å². The number of rotatable bonds is 15. The lowest BCUT2D eigenvalue weighted by Crippen LogP contribution is -2.61. The molecule has 0 aromatic carbocycles. The van der Waals surface area contributed by atoms with E-state index in [1.54, 1.807) is 0 Å². The van der Waals surface area contributed by atoms with Crippen LogP contribution in [-0.2, 0) is 47.5 Å². The molecule has 206 valence electrons. The maximum Gasteiger partial charge on any atom is 0.305 e. The predicted molar refractivity (Wildman–Crippen MR) is 125 cm³/mol. The molecular formula is C26H42O10. The number of fused-ring (bicyclic) bond motifs is 6. The molecule has 10 nitrogen and oxygen atoms in total. The predicted octanol–water partition coefficient (Wildman–Crippen LogP) is 3.45. The standard InChI is InChI=1S/C26H42O10/c1-3-25-31-15-23(16-32-25,17-33-25)13-29-21(27)11-9-7-5-6-8-10-12-22(28)30-14-24-18-34-26(4-2,35-19-24)36-20-24/h3-20H2,1-2H3. The highest BCUT2D eigenvalue weighted by Crippen LogP contribution is 2.41. The van der Waals surface area contributed by atoms with Gasteiger partial charge in [-0.1, -0.05) is 39.5 Å². The van der Waals surface area contributed by atoms with Crippen molar-refractivity contribution in [2.24, 2.45) is 10.8 Å². The number of hydrogen-bond donors (Lipinski definition) is 0. The molecule has 6 aliphatic heterocycles. The molecular weight excluding hydrogens is 472 g/mol. The Bertz CT molecular complexity index is 642. The van der Waals surface area contributed by atoms with E-state index in [9.17, 15) is 9.59 Å². The Labute approximate surface area is 213 Å². The largest absolute Gasteiger partial charge is 0.465 e. The third kappa shape index (κ3) is 6.76. The molecule has 6 fully saturated rings. The van der Waals surface area contributed by atoms with E-state index < -0.39 is 22.8 Å². The van der Waals surface area contributed by atoms with Crippen LogP contribution in [0.4, 0.5) is 0 Å². The zero-order valence-corrected chi connectivity index (χ0v) is 21.8. The molecule has 6 heterocycles. The molecule has 6 saturated heterocycles. The van der Waals surface area contributed by atoms with Crippen LogP contribution in [0, 0.1) is 10.8 Å². The minimum absolute atomic E-state index is 0.193. The first kappa shape index (κ1) is 27.7. The van der Waals surface area contributed by atoms with Gasteiger partial charge in [0.25, 0.3) is 11.9 Å². The van der Waals surface area contributed by atoms with Gasteiger partial charge in [0.15, 0.2) is 0 Å². The topological polar surface area (TPSA) is 108 Å². The van der Waals surface area contributed by atoms with Crippen molar-refractivity contribution in [3.63, 3.8) is 0 Å². The van der Waals surface area contributed by atoms with Crippen LogP contribution in [0.15, 0.2) is 0 Å². The van der Waals surface area contributed by atoms with Crippen LogP contribution in [0.3, 0.4) is 0 Å². The molecule has 4 bridgehead atoms. The fourth-order valence-electron chi connectivity index (χ4n) is 4.80. The summed E-state index contributed by atoms with van der Waals surface area (Å²) in [5.41, 5.74) is -0.785. The Morgan fingerprint density at radius 3 is 1.17 bits per heavy atom. The summed E-state index contributed by atoms with van der Waals surface area (Å²) in [6.07, 6.45) is 7.63. The second kappa shape index (κ2) is 12.0. The summed E-state index contributed by atoms with van der Waals surface area (Å²) in [4.78, 5) is 24.2. The Hall–Kier alpha value is -1.30. The van der Waals surface area contributed by atoms with E-state index >= 15 is 0 Å². The molecule has 0 spiro atoms. The molecule has 0 unspecified atom stereocenters. The smallest absolute Gasteiger partial charge is 0.305 e. The van der Waals surface area contributed by atoms with Gasteiger partial charge < -0.3 is 37.9 Å². The van der Waals surface area contributed by atoms with Crippen molar-refractivity contribution in [1.29, 1.82) is 0 Å². The van der Waals surface area contributed by atoms with E-state index in [2.05, 4.69) is 0 Å². The van der Waals surface area contributed by atoms with Gasteiger partial charge in [0, 0.05) is 25.7 Å². The number of hydrogen-bond acceptors (Lipinski definition) is 10. The maximum absolute atomic E-state index is 12.1. The summed E-state index contributed by atoms with van der Waals surface area (Å²) in [7, 11) is 0. The number of carbonyl (C=O) groups is 2. The van der Waals surface area contributed by atoms with Gasteiger partial charge in [-0.05, 0) is 12.8 Å². The zero-order chi connectivity index (χ0) is 25.5. The van der Waals surface area contributed by atoms with Crippen molar-refractivity contribution in [3.8, 4) is 0 Å². The van der Waals surface area contributed by atoms with Gasteiger partial charge in [-0.2, -0.15) is 0 Å². The number of ether oxygens (including phenoxy) is 8. The van der Waals surface area contributed by atoms with Gasteiger partial charge in [-0.25, -0.2) is 0 Å². The molecule has 10 heteroatoms. The third-order valence-corrected chi connectivity index (χ3v) is 7.55. The van der Waals surface area contributed by atoms with Crippen molar-refractivity contribution in [2.45, 2.75) is 90.0 Å². The summed E-state index contributed by atoms with van der Waals surface area (Å²) in [6.45, 7) is 7.34. The van der Waals surface area contributed by atoms with E-state index in [-0.39, 0.29) is 25.2 Å². The minimum Gasteiger partial charge on any atom is -0.465 e. The van der Waals surface area contributed by atoms with Crippen LogP contribution in [-0.4, -0.2) is 76.7 Å². The zero-order valence-electron chi connectivity index (χ0n) is 21.8. The SMILES string of the molecule is CCC12OCC(COC(=O)CCCCCCCCC(=O)OCC34COC(CC)(OC3)OC4)(CO1)CO2. The van der Waals surface area contributed by atoms with Crippen LogP contribution in [0.2, 0.25) is 0 Å². The molecule has 0 radical (unpaired) electrons. The normalized spacial score (nSPS) is 35.1. The molecule has 0 aromatic heterocycles. The first-order valence-electron chi connectivity index (χ1n) is 13.5. The van der Waals surface area contributed by atoms with E-state index in [1.807, 2.05) is 13.8 Å². The van der Waals surface area contributed by atoms with E-state index in [0.717, 1.165) is 38.5 Å². The summed E-state index contributed by atoms with van der Waals surface area (Å²) >= 11 is 0. The summed E-state index contributed by atoms with van der Waals surface area (Å²) in [6, 6.07) is 0. The number of esters is 2. The minimum atomic E-state index is -0.904. The van der Waals surface area contributed by atoms with Gasteiger partial charge in [-0.3, -0.25) is 9.59 Å². The molecule has 0 N–H and O–H groups in total. The molecule has 0 saturated carbocycles. The van der Waals surface area contributed by atoms with Gasteiger partial charge in [0.2, 0.25) is 0 Å². The highest BCUT2D eigenvalue weighted by Gasteiger charge is 2.53. The van der Waals surface area contributed by atoms with Crippen molar-refractivity contribution in [1.82, 2.24) is 0 Å². The Morgan fingerprint density at radius 2 is 0.861 bits per heavy atom. The Balaban J connectivity index is 0.967. The molecule has 0 aromatic rings. The van der Waals surface area contributed by atoms with E-state index in [0.29, 0.717) is 65.3 Å². The Kier molecular flexibility index (Phi) is 9.28. The Morgan fingerprint density at radius 1 is 0.556 bits per heavy atom. The molecule has 36 heavy (non-hydrogen) atoms. The van der Waals surface area contributed by atoms with Crippen molar-refractivity contribution in [3.05, 3.63) is 0 Å².